The lowest BCUT2D eigenvalue weighted by molar-refractivity contribution is -0.00138. The minimum atomic E-state index is -0.559. The van der Waals surface area contributed by atoms with Crippen molar-refractivity contribution >= 4 is 0 Å². The summed E-state index contributed by atoms with van der Waals surface area (Å²) in [5, 5.41) is 9.98. The van der Waals surface area contributed by atoms with Crippen molar-refractivity contribution in [3.05, 3.63) is 35.4 Å². The third-order valence-electron chi connectivity index (χ3n) is 2.65. The topological polar surface area (TPSA) is 38.7 Å². The van der Waals surface area contributed by atoms with E-state index in [1.54, 1.807) is 0 Å². The Balaban J connectivity index is 2.18. The lowest BCUT2D eigenvalue weighted by Gasteiger charge is -2.14. The minimum Gasteiger partial charge on any atom is -0.386 e. The Hall–Kier alpha value is -0.900. The van der Waals surface area contributed by atoms with E-state index in [1.807, 2.05) is 31.2 Å². The number of rotatable bonds is 8. The van der Waals surface area contributed by atoms with Crippen LogP contribution in [0.3, 0.4) is 0 Å². The van der Waals surface area contributed by atoms with Gasteiger partial charge in [-0.3, -0.25) is 0 Å². The second-order valence-electron chi connectivity index (χ2n) is 4.92. The van der Waals surface area contributed by atoms with Gasteiger partial charge < -0.3 is 14.6 Å². The fraction of sp³-hybridized carbons (Fsp3) is 0.600. The van der Waals surface area contributed by atoms with E-state index in [2.05, 4.69) is 13.8 Å². The minimum absolute atomic E-state index is 0.315. The van der Waals surface area contributed by atoms with Crippen LogP contribution in [0.5, 0.6) is 0 Å². The van der Waals surface area contributed by atoms with Crippen molar-refractivity contribution in [2.24, 2.45) is 5.92 Å². The van der Waals surface area contributed by atoms with Crippen molar-refractivity contribution in [2.45, 2.75) is 26.9 Å². The highest BCUT2D eigenvalue weighted by molar-refractivity contribution is 5.27. The highest BCUT2D eigenvalue weighted by atomic mass is 16.5. The van der Waals surface area contributed by atoms with Crippen LogP contribution in [0.2, 0.25) is 0 Å². The van der Waals surface area contributed by atoms with Crippen LogP contribution >= 0.6 is 0 Å². The van der Waals surface area contributed by atoms with Crippen LogP contribution in [0.1, 0.15) is 31.1 Å². The molecule has 1 unspecified atom stereocenters. The molecule has 18 heavy (non-hydrogen) atoms. The molecule has 0 saturated heterocycles. The van der Waals surface area contributed by atoms with Crippen LogP contribution in [-0.2, 0) is 9.47 Å². The molecule has 0 aliphatic heterocycles. The number of aliphatic hydroxyl groups excluding tert-OH is 1. The molecule has 3 nitrogen and oxygen atoms in total. The van der Waals surface area contributed by atoms with Crippen molar-refractivity contribution in [3.8, 4) is 0 Å². The molecular formula is C15H24O3. The highest BCUT2D eigenvalue weighted by Crippen LogP contribution is 2.17. The Kier molecular flexibility index (Phi) is 6.94. The first-order valence-electron chi connectivity index (χ1n) is 6.50. The summed E-state index contributed by atoms with van der Waals surface area (Å²) >= 11 is 0. The molecule has 0 aromatic heterocycles. The quantitative estimate of drug-likeness (QED) is 0.723. The maximum Gasteiger partial charge on any atom is 0.103 e. The van der Waals surface area contributed by atoms with Gasteiger partial charge in [0.05, 0.1) is 19.8 Å². The Morgan fingerprint density at radius 2 is 1.67 bits per heavy atom. The SMILES string of the molecule is Cc1ccccc1C(O)COCCOCC(C)C. The first-order valence-corrected chi connectivity index (χ1v) is 6.50. The van der Waals surface area contributed by atoms with Crippen LogP contribution in [0, 0.1) is 12.8 Å². The van der Waals surface area contributed by atoms with Crippen LogP contribution in [0.25, 0.3) is 0 Å². The van der Waals surface area contributed by atoms with Crippen LogP contribution < -0.4 is 0 Å². The summed E-state index contributed by atoms with van der Waals surface area (Å²) in [5.74, 6) is 0.544. The van der Waals surface area contributed by atoms with Crippen LogP contribution in [0.4, 0.5) is 0 Å². The second-order valence-corrected chi connectivity index (χ2v) is 4.92. The summed E-state index contributed by atoms with van der Waals surface area (Å²) in [5.41, 5.74) is 2.02. The van der Waals surface area contributed by atoms with Crippen molar-refractivity contribution in [1.29, 1.82) is 0 Å². The van der Waals surface area contributed by atoms with E-state index in [1.165, 1.54) is 0 Å². The van der Waals surface area contributed by atoms with E-state index in [0.29, 0.717) is 25.7 Å². The fourth-order valence-corrected chi connectivity index (χ4v) is 1.68. The number of benzene rings is 1. The molecule has 102 valence electrons. The fourth-order valence-electron chi connectivity index (χ4n) is 1.68. The van der Waals surface area contributed by atoms with Gasteiger partial charge in [-0.2, -0.15) is 0 Å². The normalized spacial score (nSPS) is 12.9. The Morgan fingerprint density at radius 1 is 1.06 bits per heavy atom. The van der Waals surface area contributed by atoms with Gasteiger partial charge in [0.2, 0.25) is 0 Å². The van der Waals surface area contributed by atoms with Crippen LogP contribution in [0.15, 0.2) is 24.3 Å². The van der Waals surface area contributed by atoms with Gasteiger partial charge in [-0.05, 0) is 24.0 Å². The molecule has 0 bridgehead atoms. The molecule has 1 aromatic rings. The summed E-state index contributed by atoms with van der Waals surface area (Å²) < 4.78 is 10.8. The summed E-state index contributed by atoms with van der Waals surface area (Å²) in [6.45, 7) is 8.39. The molecular weight excluding hydrogens is 228 g/mol. The number of hydrogen-bond acceptors (Lipinski definition) is 3. The number of hydrogen-bond donors (Lipinski definition) is 1. The third-order valence-corrected chi connectivity index (χ3v) is 2.65. The van der Waals surface area contributed by atoms with Crippen molar-refractivity contribution in [1.82, 2.24) is 0 Å². The van der Waals surface area contributed by atoms with Gasteiger partial charge in [-0.25, -0.2) is 0 Å². The van der Waals surface area contributed by atoms with E-state index < -0.39 is 6.10 Å². The molecule has 0 spiro atoms. The Bertz CT molecular complexity index is 336. The molecule has 0 fully saturated rings. The lowest BCUT2D eigenvalue weighted by atomic mass is 10.0. The van der Waals surface area contributed by atoms with E-state index in [4.69, 9.17) is 9.47 Å². The molecule has 0 aliphatic rings. The molecule has 0 heterocycles. The van der Waals surface area contributed by atoms with Gasteiger partial charge in [0, 0.05) is 6.61 Å². The molecule has 1 atom stereocenters. The Morgan fingerprint density at radius 3 is 2.28 bits per heavy atom. The number of aliphatic hydroxyl groups is 1. The zero-order valence-corrected chi connectivity index (χ0v) is 11.6. The lowest BCUT2D eigenvalue weighted by Crippen LogP contribution is -2.13. The highest BCUT2D eigenvalue weighted by Gasteiger charge is 2.09. The van der Waals surface area contributed by atoms with E-state index in [-0.39, 0.29) is 0 Å². The van der Waals surface area contributed by atoms with Gasteiger partial charge in [-0.15, -0.1) is 0 Å². The molecule has 0 aliphatic carbocycles. The maximum absolute atomic E-state index is 9.98. The van der Waals surface area contributed by atoms with Gasteiger partial charge in [0.15, 0.2) is 0 Å². The molecule has 1 N–H and O–H groups in total. The van der Waals surface area contributed by atoms with E-state index >= 15 is 0 Å². The zero-order chi connectivity index (χ0) is 13.4. The summed E-state index contributed by atoms with van der Waals surface area (Å²) in [7, 11) is 0. The predicted molar refractivity (Wildman–Crippen MR) is 72.6 cm³/mol. The van der Waals surface area contributed by atoms with Crippen LogP contribution in [-0.4, -0.2) is 31.5 Å². The first kappa shape index (κ1) is 15.2. The summed E-state index contributed by atoms with van der Waals surface area (Å²) in [4.78, 5) is 0. The smallest absolute Gasteiger partial charge is 0.103 e. The molecule has 1 aromatic carbocycles. The van der Waals surface area contributed by atoms with Gasteiger partial charge in [0.25, 0.3) is 0 Å². The molecule has 0 amide bonds. The largest absolute Gasteiger partial charge is 0.386 e. The average Bonchev–Trinajstić information content (AvgIpc) is 2.33. The molecule has 0 saturated carbocycles. The zero-order valence-electron chi connectivity index (χ0n) is 11.6. The second kappa shape index (κ2) is 8.25. The maximum atomic E-state index is 9.98. The van der Waals surface area contributed by atoms with Gasteiger partial charge in [0.1, 0.15) is 6.10 Å². The van der Waals surface area contributed by atoms with E-state index in [9.17, 15) is 5.11 Å². The monoisotopic (exact) mass is 252 g/mol. The summed E-state index contributed by atoms with van der Waals surface area (Å²) in [6, 6.07) is 7.81. The van der Waals surface area contributed by atoms with Crippen molar-refractivity contribution in [3.63, 3.8) is 0 Å². The van der Waals surface area contributed by atoms with Gasteiger partial charge in [-0.1, -0.05) is 38.1 Å². The van der Waals surface area contributed by atoms with Crippen molar-refractivity contribution < 1.29 is 14.6 Å². The Labute approximate surface area is 110 Å². The standard InChI is InChI=1S/C15H24O3/c1-12(2)10-17-8-9-18-11-15(16)14-7-5-4-6-13(14)3/h4-7,12,15-16H,8-11H2,1-3H3. The summed E-state index contributed by atoms with van der Waals surface area (Å²) in [6.07, 6.45) is -0.559. The predicted octanol–water partition coefficient (Wildman–Crippen LogP) is 2.72. The third kappa shape index (κ3) is 5.63. The van der Waals surface area contributed by atoms with Crippen molar-refractivity contribution in [2.75, 3.05) is 26.4 Å². The van der Waals surface area contributed by atoms with Gasteiger partial charge >= 0.3 is 0 Å². The molecule has 3 heteroatoms. The first-order chi connectivity index (χ1) is 8.61. The number of ether oxygens (including phenoxy) is 2. The molecule has 0 radical (unpaired) electrons. The van der Waals surface area contributed by atoms with E-state index in [0.717, 1.165) is 17.7 Å². The molecule has 1 rings (SSSR count). The average molecular weight is 252 g/mol. The number of aryl methyl sites for hydroxylation is 1.